The van der Waals surface area contributed by atoms with Crippen LogP contribution in [0.25, 0.3) is 0 Å². The summed E-state index contributed by atoms with van der Waals surface area (Å²) in [4.78, 5) is 0.859. The largest absolute Gasteiger partial charge is 0.392 e. The summed E-state index contributed by atoms with van der Waals surface area (Å²) in [6, 6.07) is 9.55. The van der Waals surface area contributed by atoms with Gasteiger partial charge in [-0.2, -0.15) is 11.8 Å². The van der Waals surface area contributed by atoms with E-state index in [0.29, 0.717) is 5.75 Å². The van der Waals surface area contributed by atoms with Crippen LogP contribution in [0, 0.1) is 0 Å². The lowest BCUT2D eigenvalue weighted by Crippen LogP contribution is -2.29. The number of hydrogen-bond acceptors (Lipinski definition) is 3. The molecule has 0 aliphatic carbocycles. The Morgan fingerprint density at radius 3 is 2.50 bits per heavy atom. The van der Waals surface area contributed by atoms with Crippen molar-refractivity contribution in [3.8, 4) is 0 Å². The Kier molecular flexibility index (Phi) is 9.23. The van der Waals surface area contributed by atoms with Crippen LogP contribution in [0.4, 0.5) is 0 Å². The summed E-state index contributed by atoms with van der Waals surface area (Å²) in [6.45, 7) is 4.24. The van der Waals surface area contributed by atoms with Crippen LogP contribution in [0.2, 0.25) is 0 Å². The van der Waals surface area contributed by atoms with E-state index in [4.69, 9.17) is 0 Å². The van der Waals surface area contributed by atoms with E-state index in [1.165, 1.54) is 0 Å². The lowest BCUT2D eigenvalue weighted by atomic mass is 10.1. The third-order valence-electron chi connectivity index (χ3n) is 3.17. The fraction of sp³-hybridized carbons (Fsp3) is 0.625. The van der Waals surface area contributed by atoms with Crippen molar-refractivity contribution in [3.05, 3.63) is 30.3 Å². The number of aliphatic hydroxyl groups excluding tert-OH is 1. The maximum Gasteiger partial charge on any atom is 0.0667 e. The Balaban J connectivity index is 2.60. The molecule has 114 valence electrons. The first-order valence-corrected chi connectivity index (χ1v) is 9.78. The summed E-state index contributed by atoms with van der Waals surface area (Å²) in [5.74, 6) is 1.58. The Hall–Kier alpha value is -0.320. The summed E-state index contributed by atoms with van der Waals surface area (Å²) in [5.41, 5.74) is 0. The molecule has 1 unspecified atom stereocenters. The highest BCUT2D eigenvalue weighted by atomic mass is 32.2. The Bertz CT molecular complexity index is 381. The van der Waals surface area contributed by atoms with Gasteiger partial charge in [-0.05, 0) is 30.7 Å². The number of aliphatic hydroxyl groups is 1. The molecular formula is C16H26O2S2. The van der Waals surface area contributed by atoms with Gasteiger partial charge in [0.05, 0.1) is 16.9 Å². The van der Waals surface area contributed by atoms with Crippen molar-refractivity contribution in [1.82, 2.24) is 0 Å². The normalized spacial score (nSPS) is 15.8. The van der Waals surface area contributed by atoms with Crippen molar-refractivity contribution < 1.29 is 9.32 Å². The van der Waals surface area contributed by atoms with E-state index in [9.17, 15) is 9.32 Å². The maximum atomic E-state index is 12.4. The molecule has 0 aliphatic heterocycles. The van der Waals surface area contributed by atoms with Crippen LogP contribution >= 0.6 is 11.8 Å². The summed E-state index contributed by atoms with van der Waals surface area (Å²) < 4.78 is 12.4. The Morgan fingerprint density at radius 2 is 1.90 bits per heavy atom. The molecule has 2 nitrogen and oxygen atoms in total. The summed E-state index contributed by atoms with van der Waals surface area (Å²) in [7, 11) is -1.02. The molecule has 0 aliphatic rings. The quantitative estimate of drug-likeness (QED) is 0.666. The Morgan fingerprint density at radius 1 is 1.20 bits per heavy atom. The fourth-order valence-electron chi connectivity index (χ4n) is 1.95. The molecule has 1 rings (SSSR count). The minimum absolute atomic E-state index is 0.0718. The van der Waals surface area contributed by atoms with Crippen LogP contribution in [-0.4, -0.2) is 32.2 Å². The molecule has 0 bridgehead atoms. The van der Waals surface area contributed by atoms with Crippen molar-refractivity contribution in [1.29, 1.82) is 0 Å². The van der Waals surface area contributed by atoms with Crippen molar-refractivity contribution in [2.24, 2.45) is 0 Å². The number of benzene rings is 1. The van der Waals surface area contributed by atoms with Crippen molar-refractivity contribution in [3.63, 3.8) is 0 Å². The van der Waals surface area contributed by atoms with Gasteiger partial charge in [0, 0.05) is 15.9 Å². The van der Waals surface area contributed by atoms with Crippen LogP contribution in [0.5, 0.6) is 0 Å². The SMILES string of the molecule is CCCCSC(C[S@](=O)c1ccccc1)[C@@H](O)CCC. The monoisotopic (exact) mass is 314 g/mol. The number of unbranched alkanes of at least 4 members (excludes halogenated alkanes) is 1. The van der Waals surface area contributed by atoms with Gasteiger partial charge in [0.15, 0.2) is 0 Å². The second-order valence-corrected chi connectivity index (χ2v) is 7.79. The number of rotatable bonds is 10. The highest BCUT2D eigenvalue weighted by molar-refractivity contribution is 8.00. The lowest BCUT2D eigenvalue weighted by Gasteiger charge is -2.22. The molecule has 0 heterocycles. The van der Waals surface area contributed by atoms with Crippen LogP contribution < -0.4 is 0 Å². The number of hydrogen-bond donors (Lipinski definition) is 1. The van der Waals surface area contributed by atoms with Crippen LogP contribution in [0.3, 0.4) is 0 Å². The topological polar surface area (TPSA) is 37.3 Å². The van der Waals surface area contributed by atoms with Crippen molar-refractivity contribution in [2.45, 2.75) is 55.8 Å². The molecule has 0 radical (unpaired) electrons. The summed E-state index contributed by atoms with van der Waals surface area (Å²) in [6.07, 6.45) is 3.71. The van der Waals surface area contributed by atoms with E-state index in [0.717, 1.165) is 36.3 Å². The first kappa shape index (κ1) is 17.7. The molecule has 0 saturated carbocycles. The van der Waals surface area contributed by atoms with Crippen molar-refractivity contribution >= 4 is 22.6 Å². The van der Waals surface area contributed by atoms with E-state index < -0.39 is 10.8 Å². The zero-order chi connectivity index (χ0) is 14.8. The third-order valence-corrected chi connectivity index (χ3v) is 6.27. The second-order valence-electron chi connectivity index (χ2n) is 4.94. The number of thioether (sulfide) groups is 1. The molecule has 4 heteroatoms. The Labute approximate surface area is 129 Å². The predicted octanol–water partition coefficient (Wildman–Crippen LogP) is 3.86. The summed E-state index contributed by atoms with van der Waals surface area (Å²) in [5, 5.41) is 10.3. The molecule has 1 aromatic rings. The van der Waals surface area contributed by atoms with E-state index in [1.54, 1.807) is 11.8 Å². The fourth-order valence-corrected chi connectivity index (χ4v) is 4.99. The second kappa shape index (κ2) is 10.4. The molecule has 1 N–H and O–H groups in total. The highest BCUT2D eigenvalue weighted by Gasteiger charge is 2.22. The maximum absolute atomic E-state index is 12.4. The third kappa shape index (κ3) is 6.42. The molecule has 0 aromatic heterocycles. The van der Waals surface area contributed by atoms with E-state index in [1.807, 2.05) is 30.3 Å². The van der Waals surface area contributed by atoms with Gasteiger partial charge in [-0.15, -0.1) is 0 Å². The first-order valence-electron chi connectivity index (χ1n) is 7.42. The highest BCUT2D eigenvalue weighted by Crippen LogP contribution is 2.22. The zero-order valence-electron chi connectivity index (χ0n) is 12.5. The molecule has 0 fully saturated rings. The van der Waals surface area contributed by atoms with Gasteiger partial charge < -0.3 is 5.11 Å². The van der Waals surface area contributed by atoms with Gasteiger partial charge in [0.1, 0.15) is 0 Å². The van der Waals surface area contributed by atoms with Gasteiger partial charge in [-0.25, -0.2) is 0 Å². The van der Waals surface area contributed by atoms with Gasteiger partial charge in [0.25, 0.3) is 0 Å². The molecule has 0 saturated heterocycles. The van der Waals surface area contributed by atoms with E-state index in [-0.39, 0.29) is 11.4 Å². The average molecular weight is 315 g/mol. The smallest absolute Gasteiger partial charge is 0.0667 e. The van der Waals surface area contributed by atoms with Gasteiger partial charge >= 0.3 is 0 Å². The zero-order valence-corrected chi connectivity index (χ0v) is 14.1. The minimum atomic E-state index is -1.02. The van der Waals surface area contributed by atoms with Gasteiger partial charge in [-0.3, -0.25) is 4.21 Å². The van der Waals surface area contributed by atoms with E-state index >= 15 is 0 Å². The van der Waals surface area contributed by atoms with Gasteiger partial charge in [0.2, 0.25) is 0 Å². The van der Waals surface area contributed by atoms with Gasteiger partial charge in [-0.1, -0.05) is 44.9 Å². The molecule has 1 aromatic carbocycles. The molecule has 0 spiro atoms. The van der Waals surface area contributed by atoms with Crippen LogP contribution in [-0.2, 0) is 10.8 Å². The minimum Gasteiger partial charge on any atom is -0.392 e. The molecule has 3 atom stereocenters. The first-order chi connectivity index (χ1) is 9.69. The lowest BCUT2D eigenvalue weighted by molar-refractivity contribution is 0.166. The van der Waals surface area contributed by atoms with Crippen LogP contribution in [0.1, 0.15) is 39.5 Å². The average Bonchev–Trinajstić information content (AvgIpc) is 2.47. The van der Waals surface area contributed by atoms with E-state index in [2.05, 4.69) is 13.8 Å². The standard InChI is InChI=1S/C16H26O2S2/c1-3-5-12-19-16(15(17)9-4-2)13-20(18)14-10-7-6-8-11-14/h6-8,10-11,15-17H,3-5,9,12-13H2,1-2H3/t15-,16?,20-/m0/s1. The van der Waals surface area contributed by atoms with Crippen molar-refractivity contribution in [2.75, 3.05) is 11.5 Å². The molecule has 0 amide bonds. The summed E-state index contributed by atoms with van der Waals surface area (Å²) >= 11 is 1.77. The molecular weight excluding hydrogens is 288 g/mol. The predicted molar refractivity (Wildman–Crippen MR) is 89.8 cm³/mol. The van der Waals surface area contributed by atoms with Crippen LogP contribution in [0.15, 0.2) is 35.2 Å². The molecule has 20 heavy (non-hydrogen) atoms.